The van der Waals surface area contributed by atoms with Gasteiger partial charge in [0.15, 0.2) is 0 Å². The number of pyridine rings is 1. The Labute approximate surface area is 143 Å². The lowest BCUT2D eigenvalue weighted by atomic mass is 10.1. The van der Waals surface area contributed by atoms with Gasteiger partial charge < -0.3 is 10.2 Å². The van der Waals surface area contributed by atoms with Crippen molar-refractivity contribution in [3.63, 3.8) is 0 Å². The summed E-state index contributed by atoms with van der Waals surface area (Å²) in [5, 5.41) is 2.90. The Bertz CT molecular complexity index is 645. The highest BCUT2D eigenvalue weighted by molar-refractivity contribution is 5.92. The fraction of sp³-hybridized carbons (Fsp3) is 0.444. The van der Waals surface area contributed by atoms with Gasteiger partial charge in [0.25, 0.3) is 5.91 Å². The summed E-state index contributed by atoms with van der Waals surface area (Å²) in [4.78, 5) is 26.5. The van der Waals surface area contributed by atoms with Crippen LogP contribution >= 0.6 is 0 Å². The lowest BCUT2D eigenvalue weighted by molar-refractivity contribution is 0.0947. The van der Waals surface area contributed by atoms with Crippen LogP contribution in [0.5, 0.6) is 0 Å². The van der Waals surface area contributed by atoms with Gasteiger partial charge in [-0.2, -0.15) is 0 Å². The zero-order valence-corrected chi connectivity index (χ0v) is 14.6. The number of amides is 1. The summed E-state index contributed by atoms with van der Waals surface area (Å²) in [6.45, 7) is 5.72. The molecule has 6 heteroatoms. The molecule has 2 aromatic heterocycles. The topological polar surface area (TPSA) is 71.0 Å². The van der Waals surface area contributed by atoms with Crippen LogP contribution in [0, 0.1) is 5.92 Å². The Kier molecular flexibility index (Phi) is 6.66. The average molecular weight is 327 g/mol. The van der Waals surface area contributed by atoms with E-state index in [9.17, 15) is 4.79 Å². The molecule has 0 aromatic carbocycles. The van der Waals surface area contributed by atoms with Crippen molar-refractivity contribution in [2.75, 3.05) is 25.0 Å². The van der Waals surface area contributed by atoms with Crippen LogP contribution in [0.4, 0.5) is 5.82 Å². The fourth-order valence-corrected chi connectivity index (χ4v) is 2.21. The normalized spacial score (nSPS) is 10.7. The second-order valence-electron chi connectivity index (χ2n) is 6.23. The predicted molar refractivity (Wildman–Crippen MR) is 95.0 cm³/mol. The van der Waals surface area contributed by atoms with E-state index in [0.717, 1.165) is 25.2 Å². The Balaban J connectivity index is 1.92. The molecule has 0 unspecified atom stereocenters. The smallest absolute Gasteiger partial charge is 0.270 e. The molecule has 2 heterocycles. The van der Waals surface area contributed by atoms with Gasteiger partial charge in [-0.15, -0.1) is 0 Å². The number of rotatable bonds is 8. The Morgan fingerprint density at radius 2 is 2.00 bits per heavy atom. The van der Waals surface area contributed by atoms with E-state index >= 15 is 0 Å². The molecule has 0 saturated heterocycles. The third-order valence-electron chi connectivity index (χ3n) is 3.77. The number of nitrogens with zero attached hydrogens (tertiary/aromatic N) is 4. The molecule has 0 aliphatic carbocycles. The molecule has 2 rings (SSSR count). The van der Waals surface area contributed by atoms with Crippen molar-refractivity contribution < 1.29 is 4.79 Å². The van der Waals surface area contributed by atoms with E-state index in [1.165, 1.54) is 11.9 Å². The molecule has 0 spiro atoms. The Hall–Kier alpha value is -2.50. The quantitative estimate of drug-likeness (QED) is 0.806. The van der Waals surface area contributed by atoms with Gasteiger partial charge in [-0.1, -0.05) is 13.8 Å². The van der Waals surface area contributed by atoms with Crippen LogP contribution in [0.3, 0.4) is 0 Å². The first-order valence-electron chi connectivity index (χ1n) is 8.26. The molecule has 6 nitrogen and oxygen atoms in total. The van der Waals surface area contributed by atoms with E-state index in [1.54, 1.807) is 18.5 Å². The van der Waals surface area contributed by atoms with Crippen LogP contribution in [0.2, 0.25) is 0 Å². The van der Waals surface area contributed by atoms with Crippen molar-refractivity contribution in [2.24, 2.45) is 5.92 Å². The fourth-order valence-electron chi connectivity index (χ4n) is 2.21. The largest absolute Gasteiger partial charge is 0.359 e. The van der Waals surface area contributed by atoms with Gasteiger partial charge in [0, 0.05) is 38.6 Å². The molecular weight excluding hydrogens is 302 g/mol. The van der Waals surface area contributed by atoms with Crippen molar-refractivity contribution in [3.8, 4) is 0 Å². The minimum absolute atomic E-state index is 0.151. The van der Waals surface area contributed by atoms with Crippen LogP contribution < -0.4 is 10.2 Å². The van der Waals surface area contributed by atoms with E-state index in [2.05, 4.69) is 34.1 Å². The number of likely N-dealkylation sites (N-methyl/N-ethyl adjacent to an activating group) is 1. The van der Waals surface area contributed by atoms with Gasteiger partial charge >= 0.3 is 0 Å². The van der Waals surface area contributed by atoms with E-state index in [0.29, 0.717) is 18.2 Å². The molecule has 0 aliphatic heterocycles. The standard InChI is InChI=1S/C18H25N5O/c1-14(2)4-10-20-18(24)16-12-17(22-13-21-16)23(3)11-7-15-5-8-19-9-6-15/h5-6,8-9,12-14H,4,7,10-11H2,1-3H3,(H,20,24). The predicted octanol–water partition coefficient (Wildman–Crippen LogP) is 2.33. The molecule has 0 atom stereocenters. The van der Waals surface area contributed by atoms with Gasteiger partial charge in [0.05, 0.1) is 0 Å². The minimum atomic E-state index is -0.151. The average Bonchev–Trinajstić information content (AvgIpc) is 2.60. The van der Waals surface area contributed by atoms with E-state index in [-0.39, 0.29) is 5.91 Å². The zero-order chi connectivity index (χ0) is 17.4. The summed E-state index contributed by atoms with van der Waals surface area (Å²) in [6, 6.07) is 5.74. The van der Waals surface area contributed by atoms with Gasteiger partial charge in [-0.05, 0) is 36.5 Å². The van der Waals surface area contributed by atoms with E-state index < -0.39 is 0 Å². The van der Waals surface area contributed by atoms with Crippen molar-refractivity contribution in [3.05, 3.63) is 48.2 Å². The van der Waals surface area contributed by atoms with Gasteiger partial charge in [-0.25, -0.2) is 9.97 Å². The summed E-state index contributed by atoms with van der Waals surface area (Å²) < 4.78 is 0. The maximum absolute atomic E-state index is 12.2. The van der Waals surface area contributed by atoms with Crippen molar-refractivity contribution in [1.29, 1.82) is 0 Å². The third-order valence-corrected chi connectivity index (χ3v) is 3.77. The van der Waals surface area contributed by atoms with Crippen LogP contribution in [0.15, 0.2) is 36.9 Å². The molecule has 24 heavy (non-hydrogen) atoms. The number of hydrogen-bond acceptors (Lipinski definition) is 5. The monoisotopic (exact) mass is 327 g/mol. The van der Waals surface area contributed by atoms with Crippen LogP contribution in [0.25, 0.3) is 0 Å². The van der Waals surface area contributed by atoms with Gasteiger partial charge in [0.2, 0.25) is 0 Å². The Morgan fingerprint density at radius 3 is 2.71 bits per heavy atom. The molecular formula is C18H25N5O. The highest BCUT2D eigenvalue weighted by Crippen LogP contribution is 2.10. The lowest BCUT2D eigenvalue weighted by Crippen LogP contribution is -2.27. The number of hydrogen-bond donors (Lipinski definition) is 1. The highest BCUT2D eigenvalue weighted by Gasteiger charge is 2.11. The first-order chi connectivity index (χ1) is 11.6. The molecule has 128 valence electrons. The first-order valence-corrected chi connectivity index (χ1v) is 8.26. The summed E-state index contributed by atoms with van der Waals surface area (Å²) in [5.41, 5.74) is 1.62. The number of carbonyl (C=O) groups excluding carboxylic acids is 1. The molecule has 1 N–H and O–H groups in total. The molecule has 2 aromatic rings. The van der Waals surface area contributed by atoms with Crippen LogP contribution in [0.1, 0.15) is 36.3 Å². The summed E-state index contributed by atoms with van der Waals surface area (Å²) in [7, 11) is 1.96. The van der Waals surface area contributed by atoms with Crippen molar-refractivity contribution >= 4 is 11.7 Å². The number of nitrogens with one attached hydrogen (secondary N) is 1. The second-order valence-corrected chi connectivity index (χ2v) is 6.23. The molecule has 0 fully saturated rings. The number of anilines is 1. The van der Waals surface area contributed by atoms with Gasteiger partial charge in [-0.3, -0.25) is 9.78 Å². The van der Waals surface area contributed by atoms with Crippen LogP contribution in [-0.2, 0) is 6.42 Å². The minimum Gasteiger partial charge on any atom is -0.359 e. The van der Waals surface area contributed by atoms with Crippen molar-refractivity contribution in [1.82, 2.24) is 20.3 Å². The zero-order valence-electron chi connectivity index (χ0n) is 14.6. The number of carbonyl (C=O) groups is 1. The molecule has 0 saturated carbocycles. The maximum Gasteiger partial charge on any atom is 0.270 e. The molecule has 1 amide bonds. The summed E-state index contributed by atoms with van der Waals surface area (Å²) >= 11 is 0. The highest BCUT2D eigenvalue weighted by atomic mass is 16.1. The molecule has 0 radical (unpaired) electrons. The SMILES string of the molecule is CC(C)CCNC(=O)c1cc(N(C)CCc2ccncc2)ncn1. The molecule has 0 bridgehead atoms. The number of aromatic nitrogens is 3. The maximum atomic E-state index is 12.2. The van der Waals surface area contributed by atoms with Crippen LogP contribution in [-0.4, -0.2) is 41.0 Å². The van der Waals surface area contributed by atoms with Crippen molar-refractivity contribution in [2.45, 2.75) is 26.7 Å². The second kappa shape index (κ2) is 8.96. The summed E-state index contributed by atoms with van der Waals surface area (Å²) in [6.07, 6.45) is 6.86. The molecule has 0 aliphatic rings. The Morgan fingerprint density at radius 1 is 1.25 bits per heavy atom. The van der Waals surface area contributed by atoms with E-state index in [1.807, 2.05) is 24.1 Å². The van der Waals surface area contributed by atoms with E-state index in [4.69, 9.17) is 0 Å². The summed E-state index contributed by atoms with van der Waals surface area (Å²) in [5.74, 6) is 1.15. The van der Waals surface area contributed by atoms with Gasteiger partial charge in [0.1, 0.15) is 17.8 Å². The third kappa shape index (κ3) is 5.61. The first kappa shape index (κ1) is 17.8. The lowest BCUT2D eigenvalue weighted by Gasteiger charge is -2.18.